The van der Waals surface area contributed by atoms with Crippen molar-refractivity contribution >= 4 is 5.49 Å². The van der Waals surface area contributed by atoms with E-state index >= 15 is 0 Å². The Bertz CT molecular complexity index is 404. The molecule has 0 amide bonds. The smallest absolute Gasteiger partial charge is 1.00 e. The van der Waals surface area contributed by atoms with Crippen molar-refractivity contribution in [3.05, 3.63) is 61.4 Å². The van der Waals surface area contributed by atoms with E-state index in [9.17, 15) is 0 Å². The summed E-state index contributed by atoms with van der Waals surface area (Å²) in [6.45, 7) is 4.66. The summed E-state index contributed by atoms with van der Waals surface area (Å²) in [5, 5.41) is 0. The normalized spacial score (nSPS) is 30.5. The van der Waals surface area contributed by atoms with Gasteiger partial charge in [-0.25, -0.2) is 0 Å². The summed E-state index contributed by atoms with van der Waals surface area (Å²) in [4.78, 5) is 0. The van der Waals surface area contributed by atoms with Crippen LogP contribution < -0.4 is 24.8 Å². The molecule has 0 heterocycles. The Labute approximate surface area is 176 Å². The number of allylic oxidation sites excluding steroid dienone is 8. The van der Waals surface area contributed by atoms with Gasteiger partial charge in [-0.05, 0) is 11.8 Å². The molecule has 4 unspecified atom stereocenters. The SMILES string of the molecule is C1=CC2[CH-]CCC2C=C1.C1=CC2[CH-]CCC2C=C1.C[Si](C)=[Hf+2].[Cl-].[Cl-]. The van der Waals surface area contributed by atoms with Gasteiger partial charge in [0.05, 0.1) is 0 Å². The fourth-order valence-corrected chi connectivity index (χ4v) is 3.39. The van der Waals surface area contributed by atoms with Crippen molar-refractivity contribution in [3.8, 4) is 0 Å². The van der Waals surface area contributed by atoms with Crippen LogP contribution in [-0.4, -0.2) is 5.49 Å². The average Bonchev–Trinajstić information content (AvgIpc) is 3.16. The van der Waals surface area contributed by atoms with Crippen LogP contribution in [-0.2, 0) is 23.0 Å². The summed E-state index contributed by atoms with van der Waals surface area (Å²) >= 11 is 1.45. The van der Waals surface area contributed by atoms with E-state index in [1.165, 1.54) is 48.7 Å². The zero-order chi connectivity index (χ0) is 15.8. The monoisotopic (exact) mass is 546 g/mol. The topological polar surface area (TPSA) is 0 Å². The summed E-state index contributed by atoms with van der Waals surface area (Å²) in [6, 6.07) is 0. The molecule has 0 saturated heterocycles. The third kappa shape index (κ3) is 8.83. The van der Waals surface area contributed by atoms with Crippen molar-refractivity contribution in [1.82, 2.24) is 0 Å². The molecule has 2 fully saturated rings. The largest absolute Gasteiger partial charge is 1.00 e. The molecular formula is C20H28Cl2HfSi-2. The first-order valence-electron chi connectivity index (χ1n) is 8.55. The Kier molecular flexibility index (Phi) is 14.1. The first-order valence-corrected chi connectivity index (χ1v) is 16.4. The molecule has 4 rings (SSSR count). The second-order valence-electron chi connectivity index (χ2n) is 6.65. The van der Waals surface area contributed by atoms with E-state index in [0.717, 1.165) is 23.7 Å². The van der Waals surface area contributed by atoms with Crippen LogP contribution in [0.2, 0.25) is 13.1 Å². The van der Waals surface area contributed by atoms with Crippen molar-refractivity contribution in [2.24, 2.45) is 23.7 Å². The summed E-state index contributed by atoms with van der Waals surface area (Å²) in [6.07, 6.45) is 28.1. The van der Waals surface area contributed by atoms with Gasteiger partial charge in [-0.15, -0.1) is 24.0 Å². The molecule has 0 aromatic carbocycles. The van der Waals surface area contributed by atoms with Gasteiger partial charge in [-0.2, -0.15) is 12.8 Å². The molecule has 4 aliphatic rings. The van der Waals surface area contributed by atoms with E-state index in [1.54, 1.807) is 0 Å². The zero-order valence-electron chi connectivity index (χ0n) is 14.7. The fraction of sp³-hybridized carbons (Fsp3) is 0.500. The maximum atomic E-state index is 2.42. The molecule has 4 heteroatoms. The van der Waals surface area contributed by atoms with Gasteiger partial charge in [0.25, 0.3) is 0 Å². The number of halogens is 2. The van der Waals surface area contributed by atoms with Crippen molar-refractivity contribution in [3.63, 3.8) is 0 Å². The second-order valence-corrected chi connectivity index (χ2v) is 19.4. The molecule has 0 aromatic heterocycles. The van der Waals surface area contributed by atoms with Crippen LogP contribution in [0.1, 0.15) is 25.7 Å². The van der Waals surface area contributed by atoms with Crippen molar-refractivity contribution < 1.29 is 47.8 Å². The minimum Gasteiger partial charge on any atom is -1.00 e. The van der Waals surface area contributed by atoms with E-state index in [0.29, 0.717) is 0 Å². The van der Waals surface area contributed by atoms with Gasteiger partial charge in [-0.1, -0.05) is 49.3 Å². The van der Waals surface area contributed by atoms with Crippen LogP contribution in [0.4, 0.5) is 0 Å². The number of hydrogen-bond acceptors (Lipinski definition) is 0. The van der Waals surface area contributed by atoms with Crippen LogP contribution in [0.15, 0.2) is 48.6 Å². The van der Waals surface area contributed by atoms with Crippen molar-refractivity contribution in [2.45, 2.75) is 38.8 Å². The van der Waals surface area contributed by atoms with Crippen LogP contribution in [0, 0.1) is 36.5 Å². The fourth-order valence-electron chi connectivity index (χ4n) is 3.39. The average molecular weight is 546 g/mol. The van der Waals surface area contributed by atoms with Gasteiger partial charge in [0.15, 0.2) is 0 Å². The standard InChI is InChI=1S/2C9H11.C2H6Si.2ClH.Hf/c2*1-2-5-9-7-3-6-8(9)4-1;1-3-2;;;/h2*1-2,4-6,8-9H,3,7H2;1-2H3;2*1H;/q2*-1;;;;+2/p-2. The van der Waals surface area contributed by atoms with Gasteiger partial charge in [0, 0.05) is 0 Å². The quantitative estimate of drug-likeness (QED) is 0.284. The summed E-state index contributed by atoms with van der Waals surface area (Å²) < 4.78 is 0. The van der Waals surface area contributed by atoms with Gasteiger partial charge < -0.3 is 37.7 Å². The van der Waals surface area contributed by atoms with Gasteiger partial charge >= 0.3 is 41.6 Å². The Morgan fingerprint density at radius 1 is 0.750 bits per heavy atom. The summed E-state index contributed by atoms with van der Waals surface area (Å²) in [7, 11) is 0. The second kappa shape index (κ2) is 13.8. The molecule has 0 bridgehead atoms. The van der Waals surface area contributed by atoms with Crippen LogP contribution in [0.25, 0.3) is 0 Å². The maximum Gasteiger partial charge on any atom is -1.00 e. The third-order valence-corrected chi connectivity index (χ3v) is 4.47. The minimum absolute atomic E-state index is 0. The number of hydrogen-bond donors (Lipinski definition) is 0. The molecule has 0 aliphatic heterocycles. The van der Waals surface area contributed by atoms with Gasteiger partial charge in [-0.3, -0.25) is 0 Å². The van der Waals surface area contributed by atoms with E-state index in [4.69, 9.17) is 0 Å². The molecule has 132 valence electrons. The van der Waals surface area contributed by atoms with E-state index in [-0.39, 0.29) is 30.3 Å². The summed E-state index contributed by atoms with van der Waals surface area (Å²) in [5.74, 6) is 3.23. The van der Waals surface area contributed by atoms with Gasteiger partial charge in [0.1, 0.15) is 0 Å². The van der Waals surface area contributed by atoms with Crippen molar-refractivity contribution in [2.75, 3.05) is 0 Å². The molecule has 0 spiro atoms. The number of fused-ring (bicyclic) bond motifs is 2. The Morgan fingerprint density at radius 3 is 1.42 bits per heavy atom. The molecule has 0 radical (unpaired) electrons. The van der Waals surface area contributed by atoms with E-state index < -0.39 is 0 Å². The first kappa shape index (κ1) is 24.6. The Balaban J connectivity index is 0.000000341. The van der Waals surface area contributed by atoms with E-state index in [2.05, 4.69) is 74.5 Å². The molecular weight excluding hydrogens is 518 g/mol. The molecule has 4 atom stereocenters. The number of rotatable bonds is 0. The molecule has 24 heavy (non-hydrogen) atoms. The summed E-state index contributed by atoms with van der Waals surface area (Å²) in [5.41, 5.74) is 0.259. The predicted molar refractivity (Wildman–Crippen MR) is 95.1 cm³/mol. The van der Waals surface area contributed by atoms with Crippen LogP contribution in [0.5, 0.6) is 0 Å². The molecule has 4 aliphatic carbocycles. The zero-order valence-corrected chi connectivity index (χ0v) is 20.8. The Morgan fingerprint density at radius 2 is 1.08 bits per heavy atom. The van der Waals surface area contributed by atoms with Crippen LogP contribution in [0.3, 0.4) is 0 Å². The van der Waals surface area contributed by atoms with Crippen LogP contribution >= 0.6 is 0 Å². The van der Waals surface area contributed by atoms with Crippen molar-refractivity contribution in [1.29, 1.82) is 0 Å². The molecule has 0 nitrogen and oxygen atoms in total. The predicted octanol–water partition coefficient (Wildman–Crippen LogP) is -0.522. The minimum atomic E-state index is 0. The molecule has 0 aromatic rings. The molecule has 2 saturated carbocycles. The maximum absolute atomic E-state index is 2.42. The first-order chi connectivity index (χ1) is 10.7. The third-order valence-electron chi connectivity index (χ3n) is 4.47. The Hall–Kier alpha value is 0.627. The molecule has 0 N–H and O–H groups in total. The van der Waals surface area contributed by atoms with E-state index in [1.807, 2.05) is 0 Å². The van der Waals surface area contributed by atoms with Gasteiger partial charge in [0.2, 0.25) is 0 Å².